The molecular weight excluding hydrogens is 350 g/mol. The largest absolute Gasteiger partial charge is 0.265 e. The summed E-state index contributed by atoms with van der Waals surface area (Å²) in [4.78, 5) is 7.86. The van der Waals surface area contributed by atoms with Crippen LogP contribution >= 0.6 is 31.9 Å². The maximum atomic E-state index is 11.5. The van der Waals surface area contributed by atoms with Crippen molar-refractivity contribution in [3.8, 4) is 0 Å². The minimum absolute atomic E-state index is 0.187. The van der Waals surface area contributed by atoms with Gasteiger partial charge in [0.15, 0.2) is 10.4 Å². The van der Waals surface area contributed by atoms with E-state index < -0.39 is 15.3 Å². The lowest BCUT2D eigenvalue weighted by Gasteiger charge is -2.10. The number of nitrogens with zero attached hydrogens (tertiary/aromatic N) is 2. The quantitative estimate of drug-likeness (QED) is 0.898. The number of halogens is 2. The molecule has 1 aromatic heterocycles. The highest BCUT2D eigenvalue weighted by atomic mass is 79.9. The number of hydrogen-bond donors (Lipinski definition) is 1. The Bertz CT molecular complexity index is 461. The van der Waals surface area contributed by atoms with Crippen LogP contribution in [-0.4, -0.2) is 23.6 Å². The monoisotopic (exact) mass is 357 g/mol. The van der Waals surface area contributed by atoms with Crippen LogP contribution in [0, 0.1) is 0 Å². The van der Waals surface area contributed by atoms with E-state index >= 15 is 0 Å². The Balaban J connectivity index is 3.01. The summed E-state index contributed by atoms with van der Waals surface area (Å²) in [6, 6.07) is 0. The fourth-order valence-corrected chi connectivity index (χ4v) is 2.36. The van der Waals surface area contributed by atoms with Gasteiger partial charge in [-0.15, -0.1) is 0 Å². The average molecular weight is 359 g/mol. The third-order valence-corrected chi connectivity index (χ3v) is 4.21. The molecule has 1 aromatic rings. The number of sulfonamides is 1. The average Bonchev–Trinajstić information content (AvgIpc) is 2.09. The zero-order valence-corrected chi connectivity index (χ0v) is 12.0. The van der Waals surface area contributed by atoms with Gasteiger partial charge in [-0.25, -0.2) is 18.4 Å². The number of nitrogens with one attached hydrogen (secondary N) is 1. The first-order chi connectivity index (χ1) is 6.83. The van der Waals surface area contributed by atoms with Crippen LogP contribution in [0.15, 0.2) is 15.4 Å². The first-order valence-electron chi connectivity index (χ1n) is 4.02. The molecule has 0 spiro atoms. The molecule has 0 aliphatic rings. The summed E-state index contributed by atoms with van der Waals surface area (Å²) < 4.78 is 26.3. The van der Waals surface area contributed by atoms with Gasteiger partial charge in [0.25, 0.3) is 0 Å². The molecule has 84 valence electrons. The maximum absolute atomic E-state index is 11.5. The highest BCUT2D eigenvalue weighted by molar-refractivity contribution is 9.11. The Morgan fingerprint density at radius 1 is 1.40 bits per heavy atom. The van der Waals surface area contributed by atoms with E-state index in [1.54, 1.807) is 13.8 Å². The lowest BCUT2D eigenvalue weighted by Crippen LogP contribution is -2.23. The van der Waals surface area contributed by atoms with Crippen LogP contribution in [-0.2, 0) is 10.0 Å². The van der Waals surface area contributed by atoms with E-state index in [1.807, 2.05) is 0 Å². The van der Waals surface area contributed by atoms with Crippen LogP contribution in [0.4, 0.5) is 5.82 Å². The molecule has 0 atom stereocenters. The van der Waals surface area contributed by atoms with Crippen molar-refractivity contribution in [2.24, 2.45) is 0 Å². The Morgan fingerprint density at radius 3 is 2.47 bits per heavy atom. The third kappa shape index (κ3) is 3.39. The topological polar surface area (TPSA) is 72.0 Å². The molecule has 1 heterocycles. The third-order valence-electron chi connectivity index (χ3n) is 1.56. The lowest BCUT2D eigenvalue weighted by molar-refractivity contribution is 0.592. The number of aromatic nitrogens is 2. The molecule has 1 rings (SSSR count). The second-order valence-corrected chi connectivity index (χ2v) is 6.83. The molecular formula is C7H9Br2N3O2S. The number of rotatable bonds is 3. The van der Waals surface area contributed by atoms with Gasteiger partial charge in [0.05, 0.1) is 11.4 Å². The van der Waals surface area contributed by atoms with E-state index in [0.29, 0.717) is 9.21 Å². The molecule has 0 bridgehead atoms. The second-order valence-electron chi connectivity index (χ2n) is 3.03. The van der Waals surface area contributed by atoms with Crippen LogP contribution in [0.25, 0.3) is 0 Å². The van der Waals surface area contributed by atoms with E-state index in [1.165, 1.54) is 6.20 Å². The fraction of sp³-hybridized carbons (Fsp3) is 0.429. The SMILES string of the molecule is CC(C)S(=O)(=O)Nc1ncc(Br)nc1Br. The molecule has 8 heteroatoms. The van der Waals surface area contributed by atoms with E-state index in [4.69, 9.17) is 0 Å². The van der Waals surface area contributed by atoms with Crippen molar-refractivity contribution in [2.75, 3.05) is 4.72 Å². The fourth-order valence-electron chi connectivity index (χ4n) is 0.668. The Labute approximate surface area is 105 Å². The van der Waals surface area contributed by atoms with Crippen LogP contribution < -0.4 is 4.72 Å². The van der Waals surface area contributed by atoms with Crippen molar-refractivity contribution in [3.63, 3.8) is 0 Å². The van der Waals surface area contributed by atoms with Gasteiger partial charge in [0, 0.05) is 0 Å². The van der Waals surface area contributed by atoms with Gasteiger partial charge >= 0.3 is 0 Å². The van der Waals surface area contributed by atoms with Crippen molar-refractivity contribution in [1.29, 1.82) is 0 Å². The molecule has 5 nitrogen and oxygen atoms in total. The van der Waals surface area contributed by atoms with E-state index in [9.17, 15) is 8.42 Å². The molecule has 15 heavy (non-hydrogen) atoms. The van der Waals surface area contributed by atoms with Gasteiger partial charge in [0.1, 0.15) is 4.60 Å². The molecule has 1 N–H and O–H groups in total. The summed E-state index contributed by atoms with van der Waals surface area (Å²) in [6.07, 6.45) is 1.42. The van der Waals surface area contributed by atoms with Crippen LogP contribution in [0.2, 0.25) is 0 Å². The van der Waals surface area contributed by atoms with Crippen molar-refractivity contribution in [3.05, 3.63) is 15.4 Å². The molecule has 0 aliphatic heterocycles. The molecule has 0 saturated carbocycles. The Morgan fingerprint density at radius 2 is 2.00 bits per heavy atom. The van der Waals surface area contributed by atoms with Crippen molar-refractivity contribution in [1.82, 2.24) is 9.97 Å². The number of anilines is 1. The van der Waals surface area contributed by atoms with Gasteiger partial charge in [-0.2, -0.15) is 0 Å². The minimum Gasteiger partial charge on any atom is -0.265 e. The molecule has 0 aromatic carbocycles. The summed E-state index contributed by atoms with van der Waals surface area (Å²) in [5.41, 5.74) is 0. The Kier molecular flexibility index (Phi) is 4.07. The van der Waals surface area contributed by atoms with Crippen LogP contribution in [0.5, 0.6) is 0 Å². The summed E-state index contributed by atoms with van der Waals surface area (Å²) in [7, 11) is -3.38. The van der Waals surface area contributed by atoms with Gasteiger partial charge < -0.3 is 0 Å². The van der Waals surface area contributed by atoms with Crippen LogP contribution in [0.1, 0.15) is 13.8 Å². The molecule has 0 unspecified atom stereocenters. The lowest BCUT2D eigenvalue weighted by atomic mass is 10.6. The summed E-state index contributed by atoms with van der Waals surface area (Å²) in [6.45, 7) is 3.17. The van der Waals surface area contributed by atoms with Crippen molar-refractivity contribution < 1.29 is 8.42 Å². The minimum atomic E-state index is -3.38. The summed E-state index contributed by atoms with van der Waals surface area (Å²) in [5, 5.41) is -0.519. The first kappa shape index (κ1) is 12.9. The zero-order chi connectivity index (χ0) is 11.6. The van der Waals surface area contributed by atoms with E-state index in [0.717, 1.165) is 0 Å². The predicted octanol–water partition coefficient (Wildman–Crippen LogP) is 2.15. The molecule has 0 aliphatic carbocycles. The van der Waals surface area contributed by atoms with Gasteiger partial charge in [-0.1, -0.05) is 0 Å². The van der Waals surface area contributed by atoms with Gasteiger partial charge in [-0.3, -0.25) is 4.72 Å². The van der Waals surface area contributed by atoms with Gasteiger partial charge in [-0.05, 0) is 45.7 Å². The van der Waals surface area contributed by atoms with E-state index in [-0.39, 0.29) is 5.82 Å². The van der Waals surface area contributed by atoms with Gasteiger partial charge in [0.2, 0.25) is 10.0 Å². The first-order valence-corrected chi connectivity index (χ1v) is 7.16. The smallest absolute Gasteiger partial charge is 0.236 e. The van der Waals surface area contributed by atoms with Crippen molar-refractivity contribution in [2.45, 2.75) is 19.1 Å². The molecule has 0 saturated heterocycles. The maximum Gasteiger partial charge on any atom is 0.236 e. The standard InChI is InChI=1S/C7H9Br2N3O2S/c1-4(2)15(13,14)12-7-6(9)11-5(8)3-10-7/h3-4H,1-2H3,(H,10,12). The second kappa shape index (κ2) is 4.75. The highest BCUT2D eigenvalue weighted by Crippen LogP contribution is 2.21. The normalized spacial score (nSPS) is 11.8. The van der Waals surface area contributed by atoms with Crippen molar-refractivity contribution >= 4 is 47.7 Å². The zero-order valence-electron chi connectivity index (χ0n) is 8.03. The summed E-state index contributed by atoms with van der Waals surface area (Å²) in [5.74, 6) is 0.187. The van der Waals surface area contributed by atoms with E-state index in [2.05, 4.69) is 46.5 Å². The molecule has 0 radical (unpaired) electrons. The highest BCUT2D eigenvalue weighted by Gasteiger charge is 2.18. The number of hydrogen-bond acceptors (Lipinski definition) is 4. The molecule has 0 amide bonds. The Hall–Kier alpha value is -0.210. The summed E-state index contributed by atoms with van der Waals surface area (Å²) >= 11 is 6.24. The predicted molar refractivity (Wildman–Crippen MR) is 65.1 cm³/mol. The van der Waals surface area contributed by atoms with Crippen LogP contribution in [0.3, 0.4) is 0 Å². The molecule has 0 fully saturated rings.